The highest BCUT2D eigenvalue weighted by Crippen LogP contribution is 2.39. The van der Waals surface area contributed by atoms with Crippen LogP contribution >= 0.6 is 0 Å². The molecule has 2 aliphatic rings. The molecule has 9 nitrogen and oxygen atoms in total. The number of methoxy groups -OCH3 is 1. The van der Waals surface area contributed by atoms with Crippen LogP contribution in [0.3, 0.4) is 0 Å². The minimum Gasteiger partial charge on any atom is -0.496 e. The zero-order chi connectivity index (χ0) is 29.1. The van der Waals surface area contributed by atoms with Gasteiger partial charge in [-0.2, -0.15) is 5.26 Å². The molecular weight excluding hydrogens is 534 g/mol. The molecule has 4 heterocycles. The minimum absolute atomic E-state index is 0.0320. The van der Waals surface area contributed by atoms with Crippen LogP contribution in [-0.2, 0) is 4.74 Å². The van der Waals surface area contributed by atoms with Gasteiger partial charge in [-0.25, -0.2) is 0 Å². The molecule has 2 fully saturated rings. The Hall–Kier alpha value is -4.39. The second-order valence-electron chi connectivity index (χ2n) is 10.7. The molecule has 2 aliphatic heterocycles. The van der Waals surface area contributed by atoms with Crippen LogP contribution in [0.15, 0.2) is 59.1 Å². The highest BCUT2D eigenvalue weighted by molar-refractivity contribution is 5.97. The fraction of sp³-hybridized carbons (Fsp3) is 0.364. The van der Waals surface area contributed by atoms with Gasteiger partial charge in [0.1, 0.15) is 34.9 Å². The smallest absolute Gasteiger partial charge is 0.254 e. The predicted octanol–water partition coefficient (Wildman–Crippen LogP) is 5.59. The van der Waals surface area contributed by atoms with E-state index in [1.54, 1.807) is 30.3 Å². The van der Waals surface area contributed by atoms with Crippen molar-refractivity contribution in [1.29, 1.82) is 5.26 Å². The molecule has 1 unspecified atom stereocenters. The van der Waals surface area contributed by atoms with Crippen molar-refractivity contribution in [2.24, 2.45) is 0 Å². The second kappa shape index (κ2) is 12.2. The average molecular weight is 568 g/mol. The van der Waals surface area contributed by atoms with Crippen molar-refractivity contribution in [3.05, 3.63) is 65.9 Å². The quantitative estimate of drug-likeness (QED) is 0.307. The SMILES string of the molecule is COc1cc(C(=O)N2CCCCC2CO)ccc1-c1cc2nccc(-c3ccc(OC4CCOCC4)c(C#N)c3)c2o1. The van der Waals surface area contributed by atoms with E-state index in [2.05, 4.69) is 11.1 Å². The van der Waals surface area contributed by atoms with Crippen LogP contribution in [0.2, 0.25) is 0 Å². The highest BCUT2D eigenvalue weighted by Gasteiger charge is 2.28. The van der Waals surface area contributed by atoms with Crippen molar-refractivity contribution >= 4 is 17.0 Å². The largest absolute Gasteiger partial charge is 0.496 e. The van der Waals surface area contributed by atoms with Crippen molar-refractivity contribution in [1.82, 2.24) is 9.88 Å². The van der Waals surface area contributed by atoms with Crippen molar-refractivity contribution in [2.75, 3.05) is 33.5 Å². The van der Waals surface area contributed by atoms with Gasteiger partial charge in [0.05, 0.1) is 44.1 Å². The van der Waals surface area contributed by atoms with E-state index in [0.717, 1.165) is 43.2 Å². The van der Waals surface area contributed by atoms with Gasteiger partial charge in [0.25, 0.3) is 5.91 Å². The molecule has 9 heteroatoms. The lowest BCUT2D eigenvalue weighted by atomic mass is 10.0. The first-order valence-electron chi connectivity index (χ1n) is 14.4. The number of hydrogen-bond acceptors (Lipinski definition) is 8. The Bertz CT molecular complexity index is 1630. The highest BCUT2D eigenvalue weighted by atomic mass is 16.5. The summed E-state index contributed by atoms with van der Waals surface area (Å²) in [5.74, 6) is 1.49. The monoisotopic (exact) mass is 567 g/mol. The van der Waals surface area contributed by atoms with Crippen molar-refractivity contribution in [3.8, 4) is 40.0 Å². The molecule has 2 aromatic carbocycles. The van der Waals surface area contributed by atoms with Crippen LogP contribution in [0.5, 0.6) is 11.5 Å². The van der Waals surface area contributed by atoms with Gasteiger partial charge < -0.3 is 28.6 Å². The number of likely N-dealkylation sites (tertiary alicyclic amines) is 1. The molecule has 4 aromatic rings. The standard InChI is InChI=1S/C33H33N3O6/c1-39-30-17-22(33(38)36-13-3-2-4-24(36)20-37)5-7-27(30)31-18-28-32(42-31)26(9-12-35-28)21-6-8-29(23(16-21)19-34)41-25-10-14-40-15-11-25/h5-9,12,16-18,24-25,37H,2-4,10-11,13-15,20H2,1H3. The maximum absolute atomic E-state index is 13.3. The summed E-state index contributed by atoms with van der Waals surface area (Å²) in [7, 11) is 1.56. The lowest BCUT2D eigenvalue weighted by molar-refractivity contribution is 0.0254. The minimum atomic E-state index is -0.166. The Morgan fingerprint density at radius 2 is 1.93 bits per heavy atom. The summed E-state index contributed by atoms with van der Waals surface area (Å²) < 4.78 is 23.6. The maximum atomic E-state index is 13.3. The van der Waals surface area contributed by atoms with Crippen molar-refractivity contribution in [2.45, 2.75) is 44.2 Å². The summed E-state index contributed by atoms with van der Waals surface area (Å²) in [6.07, 6.45) is 6.07. The molecule has 0 saturated carbocycles. The molecule has 0 aliphatic carbocycles. The Kier molecular flexibility index (Phi) is 8.08. The summed E-state index contributed by atoms with van der Waals surface area (Å²) in [6, 6.07) is 16.7. The Morgan fingerprint density at radius 3 is 2.71 bits per heavy atom. The van der Waals surface area contributed by atoms with Gasteiger partial charge in [0.15, 0.2) is 5.58 Å². The van der Waals surface area contributed by atoms with Gasteiger partial charge in [0, 0.05) is 42.8 Å². The lowest BCUT2D eigenvalue weighted by Crippen LogP contribution is -2.45. The zero-order valence-electron chi connectivity index (χ0n) is 23.5. The molecule has 0 radical (unpaired) electrons. The van der Waals surface area contributed by atoms with Crippen LogP contribution in [0, 0.1) is 11.3 Å². The third-order valence-corrected chi connectivity index (χ3v) is 8.10. The third-order valence-electron chi connectivity index (χ3n) is 8.10. The molecular formula is C33H33N3O6. The number of furan rings is 1. The number of piperidine rings is 1. The molecule has 0 bridgehead atoms. The number of fused-ring (bicyclic) bond motifs is 1. The van der Waals surface area contributed by atoms with Crippen LogP contribution in [0.25, 0.3) is 33.6 Å². The van der Waals surface area contributed by atoms with Crippen LogP contribution in [0.4, 0.5) is 0 Å². The number of rotatable bonds is 7. The fourth-order valence-electron chi connectivity index (χ4n) is 5.81. The first kappa shape index (κ1) is 27.8. The molecule has 6 rings (SSSR count). The van der Waals surface area contributed by atoms with Crippen LogP contribution in [0.1, 0.15) is 48.0 Å². The molecule has 2 aromatic heterocycles. The van der Waals surface area contributed by atoms with Crippen LogP contribution < -0.4 is 9.47 Å². The Morgan fingerprint density at radius 1 is 1.07 bits per heavy atom. The summed E-state index contributed by atoms with van der Waals surface area (Å²) in [5, 5.41) is 19.6. The van der Waals surface area contributed by atoms with Gasteiger partial charge in [-0.15, -0.1) is 0 Å². The first-order chi connectivity index (χ1) is 20.6. The number of aliphatic hydroxyl groups is 1. The normalized spacial score (nSPS) is 17.6. The number of hydrogen-bond donors (Lipinski definition) is 1. The Balaban J connectivity index is 1.31. The van der Waals surface area contributed by atoms with Gasteiger partial charge in [-0.1, -0.05) is 6.07 Å². The van der Waals surface area contributed by atoms with E-state index in [-0.39, 0.29) is 24.7 Å². The molecule has 2 saturated heterocycles. The van der Waals surface area contributed by atoms with Gasteiger partial charge in [-0.05, 0) is 61.2 Å². The average Bonchev–Trinajstić information content (AvgIpc) is 3.49. The van der Waals surface area contributed by atoms with Crippen molar-refractivity contribution in [3.63, 3.8) is 0 Å². The van der Waals surface area contributed by atoms with Gasteiger partial charge >= 0.3 is 0 Å². The van der Waals surface area contributed by atoms with Crippen molar-refractivity contribution < 1.29 is 28.5 Å². The first-order valence-corrected chi connectivity index (χ1v) is 14.4. The van der Waals surface area contributed by atoms with E-state index in [4.69, 9.17) is 18.6 Å². The summed E-state index contributed by atoms with van der Waals surface area (Å²) in [6.45, 7) is 1.90. The molecule has 0 spiro atoms. The summed E-state index contributed by atoms with van der Waals surface area (Å²) >= 11 is 0. The number of benzene rings is 2. The molecule has 1 N–H and O–H groups in total. The molecule has 42 heavy (non-hydrogen) atoms. The summed E-state index contributed by atoms with van der Waals surface area (Å²) in [4.78, 5) is 19.6. The number of aromatic nitrogens is 1. The number of amides is 1. The summed E-state index contributed by atoms with van der Waals surface area (Å²) in [5.41, 5.74) is 4.49. The van der Waals surface area contributed by atoms with Gasteiger partial charge in [-0.3, -0.25) is 9.78 Å². The van der Waals surface area contributed by atoms with Gasteiger partial charge in [0.2, 0.25) is 0 Å². The molecule has 216 valence electrons. The van der Waals surface area contributed by atoms with E-state index in [1.807, 2.05) is 36.4 Å². The second-order valence-corrected chi connectivity index (χ2v) is 10.7. The number of nitriles is 1. The van der Waals surface area contributed by atoms with E-state index in [0.29, 0.717) is 64.8 Å². The maximum Gasteiger partial charge on any atom is 0.254 e. The number of nitrogens with zero attached hydrogens (tertiary/aromatic N) is 3. The topological polar surface area (TPSA) is 118 Å². The number of carbonyl (C=O) groups is 1. The zero-order valence-corrected chi connectivity index (χ0v) is 23.5. The predicted molar refractivity (Wildman–Crippen MR) is 156 cm³/mol. The molecule has 1 atom stereocenters. The number of ether oxygens (including phenoxy) is 3. The number of carbonyl (C=O) groups excluding carboxylic acids is 1. The molecule has 1 amide bonds. The number of aliphatic hydroxyl groups excluding tert-OH is 1. The van der Waals surface area contributed by atoms with E-state index < -0.39 is 0 Å². The Labute approximate surface area is 244 Å². The third kappa shape index (κ3) is 5.43. The lowest BCUT2D eigenvalue weighted by Gasteiger charge is -2.34. The van der Waals surface area contributed by atoms with Crippen LogP contribution in [-0.4, -0.2) is 66.5 Å². The fourth-order valence-corrected chi connectivity index (χ4v) is 5.81. The van der Waals surface area contributed by atoms with E-state index >= 15 is 0 Å². The van der Waals surface area contributed by atoms with E-state index in [9.17, 15) is 15.2 Å². The van der Waals surface area contributed by atoms with E-state index in [1.165, 1.54) is 0 Å². The number of pyridine rings is 1.